The van der Waals surface area contributed by atoms with Crippen LogP contribution in [-0.2, 0) is 11.4 Å². The largest absolute Gasteiger partial charge is 0.399 e. The average molecular weight is 731 g/mol. The quantitative estimate of drug-likeness (QED) is 0.109. The summed E-state index contributed by atoms with van der Waals surface area (Å²) >= 11 is 25.2. The Labute approximate surface area is 299 Å². The van der Waals surface area contributed by atoms with Crippen molar-refractivity contribution in [3.05, 3.63) is 102 Å². The van der Waals surface area contributed by atoms with Crippen LogP contribution >= 0.6 is 46.4 Å². The number of hydrogen-bond donors (Lipinski definition) is 0. The second-order valence-corrected chi connectivity index (χ2v) is 13.4. The molecule has 0 aliphatic carbocycles. The number of carbonyl (C=O) groups excluding carboxylic acids is 1. The minimum Gasteiger partial charge on any atom is -0.399 e. The Kier molecular flexibility index (Phi) is 12.1. The second kappa shape index (κ2) is 16.3. The molecule has 0 radical (unpaired) electrons. The molecule has 1 saturated heterocycles. The molecule has 1 aliphatic rings. The highest BCUT2D eigenvalue weighted by atomic mass is 35.5. The molecule has 252 valence electrons. The lowest BCUT2D eigenvalue weighted by Crippen LogP contribution is -2.40. The van der Waals surface area contributed by atoms with E-state index in [1.54, 1.807) is 33.7 Å². The predicted octanol–water partition coefficient (Wildman–Crippen LogP) is 7.92. The zero-order valence-corrected chi connectivity index (χ0v) is 29.7. The fraction of sp³-hybridized carbons (Fsp3) is 0.371. The van der Waals surface area contributed by atoms with Gasteiger partial charge in [-0.1, -0.05) is 69.8 Å². The van der Waals surface area contributed by atoms with E-state index in [0.29, 0.717) is 44.3 Å². The van der Waals surface area contributed by atoms with Crippen molar-refractivity contribution in [2.45, 2.75) is 44.7 Å². The number of aromatic nitrogens is 2. The fourth-order valence-corrected chi connectivity index (χ4v) is 7.31. The monoisotopic (exact) mass is 728 g/mol. The van der Waals surface area contributed by atoms with E-state index in [1.807, 2.05) is 47.9 Å². The molecule has 3 aromatic carbocycles. The van der Waals surface area contributed by atoms with Crippen molar-refractivity contribution in [3.63, 3.8) is 0 Å². The van der Waals surface area contributed by atoms with Crippen LogP contribution in [0.2, 0.25) is 20.1 Å². The summed E-state index contributed by atoms with van der Waals surface area (Å²) in [6, 6.07) is 20.1. The number of benzene rings is 3. The van der Waals surface area contributed by atoms with Gasteiger partial charge in [0.15, 0.2) is 0 Å². The van der Waals surface area contributed by atoms with Gasteiger partial charge >= 0.3 is 5.69 Å². The van der Waals surface area contributed by atoms with Crippen molar-refractivity contribution in [2.75, 3.05) is 39.8 Å². The van der Waals surface area contributed by atoms with Crippen LogP contribution in [0.25, 0.3) is 11.0 Å². The van der Waals surface area contributed by atoms with Crippen LogP contribution in [-0.4, -0.2) is 70.4 Å². The zero-order chi connectivity index (χ0) is 34.4. The smallest absolute Gasteiger partial charge is 0.330 e. The van der Waals surface area contributed by atoms with Gasteiger partial charge in [-0.3, -0.25) is 13.9 Å². The minimum absolute atomic E-state index is 0.0144. The minimum atomic E-state index is -0.242. The van der Waals surface area contributed by atoms with Gasteiger partial charge in [0.2, 0.25) is 0 Å². The molecular formula is C35H36Cl4N6O3. The summed E-state index contributed by atoms with van der Waals surface area (Å²) in [5.41, 5.74) is 3.43. The molecule has 0 bridgehead atoms. The summed E-state index contributed by atoms with van der Waals surface area (Å²) in [7, 11) is 1.49. The highest BCUT2D eigenvalue weighted by Gasteiger charge is 2.29. The lowest BCUT2D eigenvalue weighted by Gasteiger charge is -2.34. The van der Waals surface area contributed by atoms with Crippen LogP contribution in [0.4, 0.5) is 0 Å². The number of halogens is 4. The van der Waals surface area contributed by atoms with Crippen molar-refractivity contribution in [3.8, 4) is 6.07 Å². The van der Waals surface area contributed by atoms with Crippen LogP contribution in [0.15, 0.2) is 70.6 Å². The molecule has 13 heteroatoms. The molecule has 9 nitrogen and oxygen atoms in total. The third-order valence-corrected chi connectivity index (χ3v) is 10.0. The summed E-state index contributed by atoms with van der Waals surface area (Å²) in [6.07, 6.45) is 2.25. The molecule has 0 spiro atoms. The van der Waals surface area contributed by atoms with E-state index in [1.165, 1.54) is 7.11 Å². The first-order valence-corrected chi connectivity index (χ1v) is 17.3. The Morgan fingerprint density at radius 2 is 1.71 bits per heavy atom. The normalized spacial score (nSPS) is 15.0. The fourth-order valence-electron chi connectivity index (χ4n) is 6.48. The maximum Gasteiger partial charge on any atom is 0.330 e. The van der Waals surface area contributed by atoms with E-state index in [9.17, 15) is 14.9 Å². The lowest BCUT2D eigenvalue weighted by atomic mass is 9.89. The van der Waals surface area contributed by atoms with E-state index in [-0.39, 0.29) is 36.6 Å². The van der Waals surface area contributed by atoms with Gasteiger partial charge in [-0.15, -0.1) is 0 Å². The number of nitriles is 1. The number of para-hydroxylation sites is 2. The van der Waals surface area contributed by atoms with Crippen molar-refractivity contribution in [1.82, 2.24) is 18.9 Å². The topological polar surface area (TPSA) is 95.9 Å². The zero-order valence-electron chi connectivity index (χ0n) is 26.7. The van der Waals surface area contributed by atoms with Gasteiger partial charge in [0.25, 0.3) is 5.91 Å². The van der Waals surface area contributed by atoms with E-state index in [0.717, 1.165) is 49.1 Å². The Balaban J connectivity index is 1.35. The number of nitrogens with zero attached hydrogens (tertiary/aromatic N) is 6. The first-order chi connectivity index (χ1) is 23.1. The molecule has 1 aromatic heterocycles. The SMILES string of the molecule is CCN(C/C(=N\OC)[C@H](CCN1CCC(n2c(=O)n(CC#N)c3ccccc32)CC1)c1ccc(Cl)c(Cl)c1)C(=O)c1cc(Cl)cc(Cl)c1. The summed E-state index contributed by atoms with van der Waals surface area (Å²) in [5, 5.41) is 15.4. The van der Waals surface area contributed by atoms with Crippen molar-refractivity contribution < 1.29 is 9.63 Å². The van der Waals surface area contributed by atoms with Gasteiger partial charge in [-0.2, -0.15) is 5.26 Å². The summed E-state index contributed by atoms with van der Waals surface area (Å²) in [4.78, 5) is 36.4. The van der Waals surface area contributed by atoms with E-state index < -0.39 is 0 Å². The number of piperidine rings is 1. The van der Waals surface area contributed by atoms with Gasteiger partial charge < -0.3 is 14.6 Å². The lowest BCUT2D eigenvalue weighted by molar-refractivity contribution is 0.0784. The van der Waals surface area contributed by atoms with Crippen molar-refractivity contribution in [2.24, 2.45) is 5.16 Å². The van der Waals surface area contributed by atoms with Crippen LogP contribution in [0.5, 0.6) is 0 Å². The molecule has 48 heavy (non-hydrogen) atoms. The van der Waals surface area contributed by atoms with E-state index in [4.69, 9.17) is 51.2 Å². The number of hydrogen-bond acceptors (Lipinski definition) is 6. The van der Waals surface area contributed by atoms with Crippen LogP contribution in [0, 0.1) is 11.3 Å². The standard InChI is InChI=1S/C35H36Cl4N6O3/c1-3-43(34(46)24-18-25(36)21-26(37)19-24)22-31(41-48-2)28(23-8-9-29(38)30(39)20-23)12-16-42-14-10-27(11-15-42)45-33-7-5-4-6-32(33)44(17-13-40)35(45)47/h4-9,18-21,27-28H,3,10-12,14-17,22H2,1-2H3/b41-31+/t28-/m1/s1. The predicted molar refractivity (Wildman–Crippen MR) is 193 cm³/mol. The molecule has 1 amide bonds. The number of likely N-dealkylation sites (tertiary alicyclic amines) is 1. The van der Waals surface area contributed by atoms with Gasteiger partial charge in [-0.05, 0) is 80.8 Å². The van der Waals surface area contributed by atoms with Crippen molar-refractivity contribution >= 4 is 69.1 Å². The summed E-state index contributed by atoms with van der Waals surface area (Å²) in [6.45, 7) is 4.84. The molecule has 1 aliphatic heterocycles. The number of rotatable bonds is 12. The molecule has 0 N–H and O–H groups in total. The molecule has 1 atom stereocenters. The highest BCUT2D eigenvalue weighted by molar-refractivity contribution is 6.42. The third-order valence-electron chi connectivity index (χ3n) is 8.84. The Hall–Kier alpha value is -3.52. The van der Waals surface area contributed by atoms with Crippen LogP contribution in [0.3, 0.4) is 0 Å². The molecule has 0 saturated carbocycles. The number of imidazole rings is 1. The molecular weight excluding hydrogens is 694 g/mol. The number of oxime groups is 1. The molecule has 2 heterocycles. The molecule has 1 fully saturated rings. The molecule has 5 rings (SSSR count). The van der Waals surface area contributed by atoms with Crippen molar-refractivity contribution in [1.29, 1.82) is 5.26 Å². The summed E-state index contributed by atoms with van der Waals surface area (Å²) in [5.74, 6) is -0.471. The number of amides is 1. The van der Waals surface area contributed by atoms with E-state index in [2.05, 4.69) is 16.1 Å². The molecule has 0 unspecified atom stereocenters. The first kappa shape index (κ1) is 35.8. The maximum atomic E-state index is 13.6. The maximum absolute atomic E-state index is 13.6. The van der Waals surface area contributed by atoms with Crippen LogP contribution in [0.1, 0.15) is 54.1 Å². The van der Waals surface area contributed by atoms with Gasteiger partial charge in [-0.25, -0.2) is 4.79 Å². The van der Waals surface area contributed by atoms with Gasteiger partial charge in [0.1, 0.15) is 13.7 Å². The average Bonchev–Trinajstić information content (AvgIpc) is 3.35. The third kappa shape index (κ3) is 8.02. The summed E-state index contributed by atoms with van der Waals surface area (Å²) < 4.78 is 3.40. The first-order valence-electron chi connectivity index (χ1n) is 15.7. The molecule has 4 aromatic rings. The Morgan fingerprint density at radius 3 is 2.33 bits per heavy atom. The number of carbonyl (C=O) groups is 1. The van der Waals surface area contributed by atoms with Gasteiger partial charge in [0, 0.05) is 47.2 Å². The Morgan fingerprint density at radius 1 is 1.02 bits per heavy atom. The van der Waals surface area contributed by atoms with E-state index >= 15 is 0 Å². The van der Waals surface area contributed by atoms with Gasteiger partial charge in [0.05, 0.1) is 39.4 Å². The van der Waals surface area contributed by atoms with Crippen LogP contribution < -0.4 is 5.69 Å². The Bertz CT molecular complexity index is 1890. The number of fused-ring (bicyclic) bond motifs is 1. The second-order valence-electron chi connectivity index (χ2n) is 11.7. The highest BCUT2D eigenvalue weighted by Crippen LogP contribution is 2.32.